The van der Waals surface area contributed by atoms with Crippen LogP contribution in [0.1, 0.15) is 18.5 Å². The number of hydrogen-bond acceptors (Lipinski definition) is 4. The average molecular weight is 380 g/mol. The predicted octanol–water partition coefficient (Wildman–Crippen LogP) is 4.52. The number of pyridine rings is 2. The number of halogens is 2. The number of hydrogen-bond donors (Lipinski definition) is 1. The molecule has 0 aliphatic rings. The molecule has 28 heavy (non-hydrogen) atoms. The van der Waals surface area contributed by atoms with Gasteiger partial charge in [0.25, 0.3) is 5.88 Å². The van der Waals surface area contributed by atoms with E-state index in [0.29, 0.717) is 22.8 Å². The SMILES string of the molecule is CC(F)C(NOc1nc(-c2ccc(F)cc2)n2ccccc12)c1cccnc1. The number of alkyl halides is 1. The lowest BCUT2D eigenvalue weighted by Crippen LogP contribution is -2.31. The van der Waals surface area contributed by atoms with Crippen LogP contribution in [-0.4, -0.2) is 20.5 Å². The second kappa shape index (κ2) is 7.74. The fourth-order valence-corrected chi connectivity index (χ4v) is 2.99. The molecule has 1 aromatic carbocycles. The molecule has 2 atom stereocenters. The molecule has 4 aromatic rings. The van der Waals surface area contributed by atoms with E-state index in [0.717, 1.165) is 5.56 Å². The second-order valence-electron chi connectivity index (χ2n) is 6.36. The summed E-state index contributed by atoms with van der Waals surface area (Å²) in [6, 6.07) is 14.4. The predicted molar refractivity (Wildman–Crippen MR) is 102 cm³/mol. The van der Waals surface area contributed by atoms with Crippen molar-refractivity contribution in [3.05, 3.63) is 84.6 Å². The van der Waals surface area contributed by atoms with E-state index < -0.39 is 12.2 Å². The molecule has 2 unspecified atom stereocenters. The van der Waals surface area contributed by atoms with E-state index in [1.165, 1.54) is 19.1 Å². The Labute approximate surface area is 160 Å². The minimum Gasteiger partial charge on any atom is -0.385 e. The summed E-state index contributed by atoms with van der Waals surface area (Å²) in [7, 11) is 0. The third-order valence-corrected chi connectivity index (χ3v) is 4.40. The van der Waals surface area contributed by atoms with Gasteiger partial charge < -0.3 is 4.84 Å². The molecule has 1 N–H and O–H groups in total. The zero-order valence-electron chi connectivity index (χ0n) is 15.1. The van der Waals surface area contributed by atoms with E-state index >= 15 is 0 Å². The summed E-state index contributed by atoms with van der Waals surface area (Å²) in [5.74, 6) is 0.576. The molecule has 142 valence electrons. The van der Waals surface area contributed by atoms with Gasteiger partial charge in [-0.05, 0) is 55.0 Å². The molecular weight excluding hydrogens is 362 g/mol. The Hall–Kier alpha value is -3.32. The molecular formula is C21H18F2N4O. The second-order valence-corrected chi connectivity index (χ2v) is 6.36. The lowest BCUT2D eigenvalue weighted by Gasteiger charge is -2.19. The highest BCUT2D eigenvalue weighted by Crippen LogP contribution is 2.28. The number of aromatic nitrogens is 3. The Morgan fingerprint density at radius 3 is 2.61 bits per heavy atom. The number of benzene rings is 1. The van der Waals surface area contributed by atoms with Crippen molar-refractivity contribution in [2.45, 2.75) is 19.1 Å². The fraction of sp³-hybridized carbons (Fsp3) is 0.143. The smallest absolute Gasteiger partial charge is 0.264 e. The summed E-state index contributed by atoms with van der Waals surface area (Å²) >= 11 is 0. The Morgan fingerprint density at radius 2 is 1.89 bits per heavy atom. The zero-order valence-corrected chi connectivity index (χ0v) is 15.1. The molecule has 0 saturated carbocycles. The lowest BCUT2D eigenvalue weighted by molar-refractivity contribution is 0.107. The first-order chi connectivity index (χ1) is 13.6. The zero-order chi connectivity index (χ0) is 19.5. The number of nitrogens with one attached hydrogen (secondary N) is 1. The van der Waals surface area contributed by atoms with E-state index in [4.69, 9.17) is 4.84 Å². The van der Waals surface area contributed by atoms with Gasteiger partial charge in [0, 0.05) is 24.2 Å². The van der Waals surface area contributed by atoms with E-state index in [9.17, 15) is 8.78 Å². The highest BCUT2D eigenvalue weighted by molar-refractivity contribution is 5.68. The standard InChI is InChI=1S/C21H18F2N4O/c1-14(22)19(16-5-4-11-24-13-16)26-28-21-18-6-2-3-12-27(18)20(25-21)15-7-9-17(23)10-8-15/h2-14,19,26H,1H3. The van der Waals surface area contributed by atoms with Crippen LogP contribution >= 0.6 is 0 Å². The monoisotopic (exact) mass is 380 g/mol. The van der Waals surface area contributed by atoms with Gasteiger partial charge in [0.1, 0.15) is 29.4 Å². The topological polar surface area (TPSA) is 51.5 Å². The summed E-state index contributed by atoms with van der Waals surface area (Å²) < 4.78 is 29.2. The number of imidazole rings is 1. The van der Waals surface area contributed by atoms with Crippen molar-refractivity contribution in [2.75, 3.05) is 0 Å². The van der Waals surface area contributed by atoms with E-state index in [1.54, 1.807) is 36.7 Å². The van der Waals surface area contributed by atoms with Crippen molar-refractivity contribution < 1.29 is 13.6 Å². The first-order valence-electron chi connectivity index (χ1n) is 8.83. The van der Waals surface area contributed by atoms with Crippen LogP contribution in [-0.2, 0) is 0 Å². The van der Waals surface area contributed by atoms with Gasteiger partial charge in [-0.2, -0.15) is 4.98 Å². The average Bonchev–Trinajstić information content (AvgIpc) is 3.08. The van der Waals surface area contributed by atoms with Gasteiger partial charge in [0.05, 0.1) is 0 Å². The molecule has 0 fully saturated rings. The molecule has 5 nitrogen and oxygen atoms in total. The lowest BCUT2D eigenvalue weighted by atomic mass is 10.1. The first-order valence-corrected chi connectivity index (χ1v) is 8.83. The molecule has 0 aliphatic heterocycles. The maximum absolute atomic E-state index is 14.1. The third-order valence-electron chi connectivity index (χ3n) is 4.40. The maximum atomic E-state index is 14.1. The summed E-state index contributed by atoms with van der Waals surface area (Å²) in [6.07, 6.45) is 3.84. The van der Waals surface area contributed by atoms with Gasteiger partial charge in [-0.1, -0.05) is 12.1 Å². The van der Waals surface area contributed by atoms with Crippen LogP contribution in [0, 0.1) is 5.82 Å². The third kappa shape index (κ3) is 3.57. The van der Waals surface area contributed by atoms with Crippen molar-refractivity contribution in [3.8, 4) is 17.3 Å². The highest BCUT2D eigenvalue weighted by atomic mass is 19.1. The van der Waals surface area contributed by atoms with Crippen molar-refractivity contribution in [3.63, 3.8) is 0 Å². The van der Waals surface area contributed by atoms with Crippen LogP contribution in [0.25, 0.3) is 16.9 Å². The molecule has 0 bridgehead atoms. The van der Waals surface area contributed by atoms with Crippen molar-refractivity contribution in [2.24, 2.45) is 0 Å². The summed E-state index contributed by atoms with van der Waals surface area (Å²) in [4.78, 5) is 14.3. The Bertz CT molecular complexity index is 1060. The Balaban J connectivity index is 1.66. The molecule has 0 aliphatic carbocycles. The quantitative estimate of drug-likeness (QED) is 0.500. The number of nitrogens with zero attached hydrogens (tertiary/aromatic N) is 3. The van der Waals surface area contributed by atoms with Gasteiger partial charge in [-0.3, -0.25) is 9.38 Å². The van der Waals surface area contributed by atoms with Crippen LogP contribution in [0.15, 0.2) is 73.2 Å². The van der Waals surface area contributed by atoms with Gasteiger partial charge in [-0.15, -0.1) is 5.48 Å². The normalized spacial score (nSPS) is 13.4. The van der Waals surface area contributed by atoms with E-state index in [1.807, 2.05) is 28.8 Å². The molecule has 0 radical (unpaired) electrons. The molecule has 0 saturated heterocycles. The van der Waals surface area contributed by atoms with Crippen LogP contribution in [0.3, 0.4) is 0 Å². The molecule has 7 heteroatoms. The Morgan fingerprint density at radius 1 is 1.07 bits per heavy atom. The molecule has 0 spiro atoms. The molecule has 3 aromatic heterocycles. The first kappa shape index (κ1) is 18.1. The summed E-state index contributed by atoms with van der Waals surface area (Å²) in [5.41, 5.74) is 4.87. The number of fused-ring (bicyclic) bond motifs is 1. The van der Waals surface area contributed by atoms with Gasteiger partial charge in [0.2, 0.25) is 0 Å². The van der Waals surface area contributed by atoms with Gasteiger partial charge in [0.15, 0.2) is 0 Å². The highest BCUT2D eigenvalue weighted by Gasteiger charge is 2.21. The number of rotatable bonds is 6. The van der Waals surface area contributed by atoms with Crippen LogP contribution in [0.2, 0.25) is 0 Å². The van der Waals surface area contributed by atoms with Crippen molar-refractivity contribution in [1.29, 1.82) is 0 Å². The fourth-order valence-electron chi connectivity index (χ4n) is 2.99. The van der Waals surface area contributed by atoms with E-state index in [2.05, 4.69) is 15.4 Å². The Kier molecular flexibility index (Phi) is 4.99. The molecule has 4 rings (SSSR count). The summed E-state index contributed by atoms with van der Waals surface area (Å²) in [6.45, 7) is 1.45. The van der Waals surface area contributed by atoms with Crippen molar-refractivity contribution in [1.82, 2.24) is 19.8 Å². The number of hydroxylamine groups is 1. The maximum Gasteiger partial charge on any atom is 0.264 e. The van der Waals surface area contributed by atoms with Crippen LogP contribution in [0.5, 0.6) is 5.88 Å². The van der Waals surface area contributed by atoms with Gasteiger partial charge in [-0.25, -0.2) is 8.78 Å². The largest absolute Gasteiger partial charge is 0.385 e. The van der Waals surface area contributed by atoms with Gasteiger partial charge >= 0.3 is 0 Å². The van der Waals surface area contributed by atoms with Crippen LogP contribution in [0.4, 0.5) is 8.78 Å². The van der Waals surface area contributed by atoms with Crippen molar-refractivity contribution >= 4 is 5.52 Å². The molecule has 3 heterocycles. The molecule has 0 amide bonds. The summed E-state index contributed by atoms with van der Waals surface area (Å²) in [5, 5.41) is 0. The minimum atomic E-state index is -1.21. The van der Waals surface area contributed by atoms with Crippen LogP contribution < -0.4 is 10.3 Å². The minimum absolute atomic E-state index is 0.300. The van der Waals surface area contributed by atoms with E-state index in [-0.39, 0.29) is 5.82 Å².